The summed E-state index contributed by atoms with van der Waals surface area (Å²) in [6.45, 7) is 12.3. The fourth-order valence-corrected chi connectivity index (χ4v) is 16.6. The van der Waals surface area contributed by atoms with Crippen LogP contribution >= 0.6 is 0 Å². The van der Waals surface area contributed by atoms with Gasteiger partial charge in [-0.2, -0.15) is 0 Å². The van der Waals surface area contributed by atoms with E-state index in [2.05, 4.69) is 54.5 Å². The normalized spacial score (nSPS) is 53.9. The number of aliphatic hydroxyl groups excluding tert-OH is 15. The Morgan fingerprint density at radius 2 is 1.00 bits per heavy atom. The molecule has 9 aliphatic rings. The monoisotopic (exact) mass is 1120 g/mol. The molecule has 78 heavy (non-hydrogen) atoms. The second-order valence-corrected chi connectivity index (χ2v) is 26.4. The van der Waals surface area contributed by atoms with Crippen molar-refractivity contribution >= 4 is 5.97 Å². The molecule has 5 aliphatic carbocycles. The number of carbonyl (C=O) groups excluding carboxylic acids is 1. The highest BCUT2D eigenvalue weighted by atomic mass is 16.8. The Bertz CT molecular complexity index is 2150. The van der Waals surface area contributed by atoms with E-state index >= 15 is 0 Å². The van der Waals surface area contributed by atoms with Gasteiger partial charge < -0.3 is 114 Å². The Kier molecular flexibility index (Phi) is 17.2. The van der Waals surface area contributed by atoms with Crippen molar-refractivity contribution in [1.82, 2.24) is 0 Å². The molecule has 24 nitrogen and oxygen atoms in total. The molecule has 9 rings (SSSR count). The number of ether oxygens (including phenoxy) is 8. The number of esters is 1. The Morgan fingerprint density at radius 3 is 1.53 bits per heavy atom. The number of hydrogen-bond donors (Lipinski definition) is 15. The standard InChI is InChI=1S/C54H88O24/c1-49(2)14-15-54(48(70)78-45-39(67)37(65)33(61)25(19-56)72-45)23(16-49)22-8-9-29-51(5)12-11-31(50(3,4)28(51)10-13-52(29,6)53(22,7)17-30(54)59)75-46-40(68)42(34(62)26(20-57)73-46)77-47-41(69)43(35(63)27(21-58)74-47)76-44-38(66)36(64)32(60)24(18-55)71-44/h8,23-47,55-69H,9-21H2,1-7H3/t23-,24+,25+,26+,27+,28-,29+,30+,31-,32+,33+,34+,35+,36-,37-,38+,39+,40+,41+,42-,43-,44-,45-,46-,47+,51-,52+,53+,54+/m0/s1. The van der Waals surface area contributed by atoms with E-state index in [4.69, 9.17) is 37.9 Å². The average molecular weight is 1120 g/mol. The van der Waals surface area contributed by atoms with Crippen LogP contribution < -0.4 is 0 Å². The van der Waals surface area contributed by atoms with Crippen LogP contribution in [-0.2, 0) is 42.7 Å². The Morgan fingerprint density at radius 1 is 0.526 bits per heavy atom. The molecule has 29 atom stereocenters. The van der Waals surface area contributed by atoms with Crippen molar-refractivity contribution in [1.29, 1.82) is 0 Å². The second-order valence-electron chi connectivity index (χ2n) is 26.4. The largest absolute Gasteiger partial charge is 0.432 e. The molecule has 0 bridgehead atoms. The van der Waals surface area contributed by atoms with E-state index in [0.717, 1.165) is 18.4 Å². The molecule has 24 heteroatoms. The maximum atomic E-state index is 14.8. The van der Waals surface area contributed by atoms with Crippen molar-refractivity contribution < 1.29 is 119 Å². The van der Waals surface area contributed by atoms with Gasteiger partial charge in [0, 0.05) is 0 Å². The zero-order chi connectivity index (χ0) is 57.1. The first kappa shape index (κ1) is 60.9. The van der Waals surface area contributed by atoms with Crippen LogP contribution in [0.15, 0.2) is 11.6 Å². The molecule has 0 radical (unpaired) electrons. The Balaban J connectivity index is 0.929. The van der Waals surface area contributed by atoms with Gasteiger partial charge in [0.05, 0.1) is 38.6 Å². The van der Waals surface area contributed by atoms with Gasteiger partial charge in [-0.15, -0.1) is 0 Å². The quantitative estimate of drug-likeness (QED) is 0.0524. The highest BCUT2D eigenvalue weighted by Gasteiger charge is 2.72. The summed E-state index contributed by atoms with van der Waals surface area (Å²) in [5, 5.41) is 162. The molecule has 0 amide bonds. The van der Waals surface area contributed by atoms with Gasteiger partial charge in [0.25, 0.3) is 0 Å². The molecule has 4 heterocycles. The summed E-state index contributed by atoms with van der Waals surface area (Å²) in [4.78, 5) is 14.8. The van der Waals surface area contributed by atoms with Gasteiger partial charge >= 0.3 is 5.97 Å². The second kappa shape index (κ2) is 22.1. The zero-order valence-electron chi connectivity index (χ0n) is 45.6. The fourth-order valence-electron chi connectivity index (χ4n) is 16.6. The summed E-state index contributed by atoms with van der Waals surface area (Å²) in [5.74, 6) is -1.08. The highest BCUT2D eigenvalue weighted by Crippen LogP contribution is 2.76. The van der Waals surface area contributed by atoms with E-state index in [1.165, 1.54) is 0 Å². The maximum Gasteiger partial charge on any atom is 0.317 e. The molecule has 0 spiro atoms. The number of rotatable bonds is 12. The van der Waals surface area contributed by atoms with Gasteiger partial charge in [-0.1, -0.05) is 60.1 Å². The first-order valence-electron chi connectivity index (χ1n) is 27.9. The van der Waals surface area contributed by atoms with Crippen molar-refractivity contribution in [3.8, 4) is 0 Å². The van der Waals surface area contributed by atoms with Crippen molar-refractivity contribution in [3.63, 3.8) is 0 Å². The lowest BCUT2D eigenvalue weighted by molar-refractivity contribution is -0.385. The molecule has 0 aromatic carbocycles. The molecule has 8 fully saturated rings. The van der Waals surface area contributed by atoms with Gasteiger partial charge in [0.2, 0.25) is 6.29 Å². The lowest BCUT2D eigenvalue weighted by atomic mass is 9.33. The van der Waals surface area contributed by atoms with Crippen LogP contribution in [0.4, 0.5) is 0 Å². The molecular formula is C54H88O24. The van der Waals surface area contributed by atoms with Crippen molar-refractivity contribution in [2.45, 2.75) is 241 Å². The molecule has 0 aromatic heterocycles. The van der Waals surface area contributed by atoms with Gasteiger partial charge in [0.15, 0.2) is 18.9 Å². The Labute approximate surface area is 453 Å². The van der Waals surface area contributed by atoms with E-state index in [9.17, 15) is 81.4 Å². The predicted molar refractivity (Wildman–Crippen MR) is 264 cm³/mol. The van der Waals surface area contributed by atoms with E-state index in [1.54, 1.807) is 0 Å². The third kappa shape index (κ3) is 9.67. The van der Waals surface area contributed by atoms with Crippen molar-refractivity contribution in [2.75, 3.05) is 26.4 Å². The van der Waals surface area contributed by atoms with Crippen LogP contribution in [0.25, 0.3) is 0 Å². The number of carbonyl (C=O) groups is 1. The SMILES string of the molecule is CC1(C)CC[C@]2(C(=O)O[C@@H]3O[C@H](CO)[C@@H](O)[C@H](O)[C@H]3O)[C@H](O)C[C@]3(C)C(=CC[C@@H]4[C@@]5(C)CC[C@H](O[C@@H]6O[C@H](CO)[C@@H](O)[C@H](O[C@H]7O[C@H](CO)[C@@H](O)[C@H](O[C@@H]8O[C@H](CO)[C@@H](O)[C@H](O)[C@H]8O)[C@H]7O)[C@H]6O)C(C)(C)[C@@H]5CC[C@]43C)[C@@H]2C1. The van der Waals surface area contributed by atoms with E-state index < -0.39 is 190 Å². The third-order valence-electron chi connectivity index (χ3n) is 21.4. The van der Waals surface area contributed by atoms with Crippen molar-refractivity contribution in [3.05, 3.63) is 11.6 Å². The highest BCUT2D eigenvalue weighted by molar-refractivity contribution is 5.80. The summed E-state index contributed by atoms with van der Waals surface area (Å²) in [6.07, 6.45) is -28.4. The van der Waals surface area contributed by atoms with Crippen LogP contribution in [-0.4, -0.2) is 244 Å². The number of allylic oxidation sites excluding steroid dienone is 2. The first-order chi connectivity index (χ1) is 36.5. The van der Waals surface area contributed by atoms with Crippen LogP contribution in [0.2, 0.25) is 0 Å². The lowest BCUT2D eigenvalue weighted by Gasteiger charge is -2.71. The van der Waals surface area contributed by atoms with E-state index in [-0.39, 0.29) is 34.5 Å². The number of hydrogen-bond acceptors (Lipinski definition) is 24. The summed E-state index contributed by atoms with van der Waals surface area (Å²) >= 11 is 0. The van der Waals surface area contributed by atoms with Gasteiger partial charge in [0.1, 0.15) is 103 Å². The van der Waals surface area contributed by atoms with Crippen LogP contribution in [0.1, 0.15) is 106 Å². The Hall–Kier alpha value is -1.67. The molecule has 4 saturated heterocycles. The molecule has 4 saturated carbocycles. The lowest BCUT2D eigenvalue weighted by Crippen LogP contribution is -2.68. The molecule has 15 N–H and O–H groups in total. The average Bonchev–Trinajstić information content (AvgIpc) is 2.60. The van der Waals surface area contributed by atoms with Gasteiger partial charge in [-0.3, -0.25) is 4.79 Å². The summed E-state index contributed by atoms with van der Waals surface area (Å²) in [6, 6.07) is 0. The zero-order valence-corrected chi connectivity index (χ0v) is 45.6. The molecular weight excluding hydrogens is 1030 g/mol. The minimum absolute atomic E-state index is 0.0374. The van der Waals surface area contributed by atoms with Crippen LogP contribution in [0.5, 0.6) is 0 Å². The molecule has 4 aliphatic heterocycles. The van der Waals surface area contributed by atoms with Gasteiger partial charge in [-0.25, -0.2) is 0 Å². The summed E-state index contributed by atoms with van der Waals surface area (Å²) in [7, 11) is 0. The number of aliphatic hydroxyl groups is 15. The first-order valence-corrected chi connectivity index (χ1v) is 27.9. The van der Waals surface area contributed by atoms with Gasteiger partial charge in [-0.05, 0) is 103 Å². The van der Waals surface area contributed by atoms with Crippen LogP contribution in [0, 0.1) is 50.2 Å². The fraction of sp³-hybridized carbons (Fsp3) is 0.944. The summed E-state index contributed by atoms with van der Waals surface area (Å²) < 4.78 is 47.3. The smallest absolute Gasteiger partial charge is 0.317 e. The molecule has 0 aromatic rings. The topological polar surface area (TPSA) is 394 Å². The van der Waals surface area contributed by atoms with E-state index in [0.29, 0.717) is 38.5 Å². The van der Waals surface area contributed by atoms with Crippen LogP contribution in [0.3, 0.4) is 0 Å². The van der Waals surface area contributed by atoms with Crippen molar-refractivity contribution in [2.24, 2.45) is 50.2 Å². The summed E-state index contributed by atoms with van der Waals surface area (Å²) in [5.41, 5.74) is -2.39. The molecule has 448 valence electrons. The minimum atomic E-state index is -1.99. The number of fused-ring (bicyclic) bond motifs is 7. The molecule has 0 unspecified atom stereocenters. The minimum Gasteiger partial charge on any atom is -0.432 e. The maximum absolute atomic E-state index is 14.8. The van der Waals surface area contributed by atoms with E-state index in [1.807, 2.05) is 0 Å². The third-order valence-corrected chi connectivity index (χ3v) is 21.4. The predicted octanol–water partition coefficient (Wildman–Crippen LogP) is -3.06.